The summed E-state index contributed by atoms with van der Waals surface area (Å²) in [6.45, 7) is 8.27. The number of carbonyl (C=O) groups excluding carboxylic acids is 3. The average molecular weight is 635 g/mol. The molecule has 2 atom stereocenters. The largest absolute Gasteiger partial charge is 0.508 e. The third-order valence-electron chi connectivity index (χ3n) is 8.79. The number of phenols is 1. The first-order valence-electron chi connectivity index (χ1n) is 15.5. The number of piperazine rings is 1. The number of rotatable bonds is 9. The number of urea groups is 1. The normalized spacial score (nSPS) is 18.4. The Morgan fingerprint density at radius 3 is 2.47 bits per heavy atom. The molecule has 3 aromatic carbocycles. The minimum Gasteiger partial charge on any atom is -0.508 e. The highest BCUT2D eigenvalue weighted by atomic mass is 16.3. The Labute approximate surface area is 273 Å². The Balaban J connectivity index is 1.39. The molecule has 0 bridgehead atoms. The molecule has 0 aliphatic carbocycles. The molecular formula is C36H38N6O5. The van der Waals surface area contributed by atoms with E-state index in [9.17, 15) is 24.6 Å². The zero-order valence-corrected chi connectivity index (χ0v) is 26.2. The lowest BCUT2D eigenvalue weighted by Gasteiger charge is -2.55. The lowest BCUT2D eigenvalue weighted by molar-refractivity contribution is -0.189. The first kappa shape index (κ1) is 31.4. The molecule has 47 heavy (non-hydrogen) atoms. The van der Waals surface area contributed by atoms with E-state index in [1.807, 2.05) is 60.1 Å². The van der Waals surface area contributed by atoms with E-state index >= 15 is 0 Å². The average Bonchev–Trinajstić information content (AvgIpc) is 3.41. The highest BCUT2D eigenvalue weighted by Gasteiger charge is 2.51. The SMILES string of the molecule is C=CCN1CC(=O)N2[C@@H](Cc3ccc(O)cc3)C(=O)N(Cc3cccc4c(C(=C)O)cn(C)c34)C[C@@H]2N1C(=O)NCc1ccccc1. The van der Waals surface area contributed by atoms with Crippen LogP contribution in [0.5, 0.6) is 5.75 Å². The molecule has 3 N–H and O–H groups in total. The summed E-state index contributed by atoms with van der Waals surface area (Å²) in [7, 11) is 1.87. The van der Waals surface area contributed by atoms with Crippen LogP contribution in [0.25, 0.3) is 16.7 Å². The second kappa shape index (κ2) is 13.1. The van der Waals surface area contributed by atoms with E-state index in [0.29, 0.717) is 5.56 Å². The van der Waals surface area contributed by atoms with Crippen LogP contribution in [-0.4, -0.2) is 84.3 Å². The molecule has 0 unspecified atom stereocenters. The van der Waals surface area contributed by atoms with Crippen LogP contribution < -0.4 is 5.32 Å². The molecule has 11 heteroatoms. The highest BCUT2D eigenvalue weighted by molar-refractivity contribution is 5.94. The molecule has 2 saturated heterocycles. The summed E-state index contributed by atoms with van der Waals surface area (Å²) >= 11 is 0. The number of aryl methyl sites for hydroxylation is 1. The number of fused-ring (bicyclic) bond motifs is 2. The van der Waals surface area contributed by atoms with Crippen molar-refractivity contribution in [3.05, 3.63) is 120 Å². The van der Waals surface area contributed by atoms with E-state index in [-0.39, 0.29) is 62.5 Å². The van der Waals surface area contributed by atoms with Gasteiger partial charge in [-0.2, -0.15) is 0 Å². The quantitative estimate of drug-likeness (QED) is 0.188. The fraction of sp³-hybridized carbons (Fsp3) is 0.250. The molecule has 0 spiro atoms. The fourth-order valence-electron chi connectivity index (χ4n) is 6.67. The van der Waals surface area contributed by atoms with Gasteiger partial charge in [-0.15, -0.1) is 6.58 Å². The van der Waals surface area contributed by atoms with Crippen LogP contribution in [-0.2, 0) is 36.1 Å². The molecule has 0 radical (unpaired) electrons. The number of aromatic nitrogens is 1. The minimum atomic E-state index is -0.901. The Kier molecular flexibility index (Phi) is 8.73. The lowest BCUT2D eigenvalue weighted by atomic mass is 9.98. The third kappa shape index (κ3) is 6.17. The zero-order valence-electron chi connectivity index (χ0n) is 26.2. The highest BCUT2D eigenvalue weighted by Crippen LogP contribution is 2.32. The number of para-hydroxylation sites is 1. The fourth-order valence-corrected chi connectivity index (χ4v) is 6.67. The van der Waals surface area contributed by atoms with Crippen LogP contribution in [0.2, 0.25) is 0 Å². The van der Waals surface area contributed by atoms with Crippen LogP contribution in [0, 0.1) is 0 Å². The number of nitrogens with zero attached hydrogens (tertiary/aromatic N) is 5. The molecule has 2 fully saturated rings. The van der Waals surface area contributed by atoms with Crippen molar-refractivity contribution in [1.29, 1.82) is 0 Å². The van der Waals surface area contributed by atoms with Crippen LogP contribution in [0.3, 0.4) is 0 Å². The van der Waals surface area contributed by atoms with E-state index in [0.717, 1.165) is 27.6 Å². The van der Waals surface area contributed by atoms with Gasteiger partial charge >= 0.3 is 6.03 Å². The lowest BCUT2D eigenvalue weighted by Crippen LogP contribution is -2.76. The number of aliphatic hydroxyl groups excluding tert-OH is 1. The second-order valence-corrected chi connectivity index (χ2v) is 11.9. The summed E-state index contributed by atoms with van der Waals surface area (Å²) in [6.07, 6.45) is 2.84. The number of nitrogens with one attached hydrogen (secondary N) is 1. The predicted octanol–water partition coefficient (Wildman–Crippen LogP) is 4.15. The predicted molar refractivity (Wildman–Crippen MR) is 179 cm³/mol. The Morgan fingerprint density at radius 2 is 1.77 bits per heavy atom. The standard InChI is InChI=1S/C36H38N6O5/c1-4-17-40-23-33(45)41-31(18-25-13-15-28(44)16-14-25)35(46)39(20-27-11-8-12-29-30(24(2)43)21-38(3)34(27)29)22-32(41)42(40)36(47)37-19-26-9-6-5-7-10-26/h4-16,21,31-32,43-44H,1-2,17-20,22-23H2,3H3,(H,37,47)/t31-,32-/m0/s1. The number of hydrazine groups is 1. The van der Waals surface area contributed by atoms with Crippen LogP contribution in [0.15, 0.2) is 98.2 Å². The summed E-state index contributed by atoms with van der Waals surface area (Å²) in [5.74, 6) is -0.468. The summed E-state index contributed by atoms with van der Waals surface area (Å²) in [5, 5.41) is 27.1. The van der Waals surface area contributed by atoms with Crippen molar-refractivity contribution in [3.8, 4) is 5.75 Å². The van der Waals surface area contributed by atoms with E-state index < -0.39 is 18.2 Å². The second-order valence-electron chi connectivity index (χ2n) is 11.9. The van der Waals surface area contributed by atoms with Crippen LogP contribution in [0.4, 0.5) is 4.79 Å². The maximum Gasteiger partial charge on any atom is 0.334 e. The summed E-state index contributed by atoms with van der Waals surface area (Å²) < 4.78 is 1.90. The number of amides is 4. The van der Waals surface area contributed by atoms with Gasteiger partial charge in [0, 0.05) is 50.2 Å². The van der Waals surface area contributed by atoms with Gasteiger partial charge in [0.25, 0.3) is 0 Å². The molecule has 0 saturated carbocycles. The first-order chi connectivity index (χ1) is 22.7. The maximum absolute atomic E-state index is 14.4. The molecule has 6 rings (SSSR count). The summed E-state index contributed by atoms with van der Waals surface area (Å²) in [4.78, 5) is 45.5. The minimum absolute atomic E-state index is 0.0495. The van der Waals surface area contributed by atoms with Crippen LogP contribution >= 0.6 is 0 Å². The van der Waals surface area contributed by atoms with Crippen molar-refractivity contribution in [2.45, 2.75) is 31.7 Å². The Morgan fingerprint density at radius 1 is 1.02 bits per heavy atom. The van der Waals surface area contributed by atoms with Crippen molar-refractivity contribution in [2.24, 2.45) is 7.05 Å². The molecule has 242 valence electrons. The topological polar surface area (TPSA) is 122 Å². The molecule has 2 aliphatic rings. The number of carbonyl (C=O) groups is 3. The number of aliphatic hydroxyl groups is 1. The van der Waals surface area contributed by atoms with E-state index in [1.165, 1.54) is 0 Å². The van der Waals surface area contributed by atoms with Crippen LogP contribution in [0.1, 0.15) is 22.3 Å². The van der Waals surface area contributed by atoms with Crippen molar-refractivity contribution in [2.75, 3.05) is 19.6 Å². The summed E-state index contributed by atoms with van der Waals surface area (Å²) in [5.41, 5.74) is 3.97. The maximum atomic E-state index is 14.4. The third-order valence-corrected chi connectivity index (χ3v) is 8.79. The number of phenolic OH excluding ortho intramolecular Hbond substituents is 1. The van der Waals surface area contributed by atoms with Crippen molar-refractivity contribution in [1.82, 2.24) is 29.7 Å². The number of benzene rings is 3. The smallest absolute Gasteiger partial charge is 0.334 e. The molecule has 4 amide bonds. The van der Waals surface area contributed by atoms with Gasteiger partial charge < -0.3 is 29.9 Å². The van der Waals surface area contributed by atoms with Crippen molar-refractivity contribution < 1.29 is 24.6 Å². The molecule has 2 aliphatic heterocycles. The van der Waals surface area contributed by atoms with E-state index in [4.69, 9.17) is 0 Å². The van der Waals surface area contributed by atoms with Gasteiger partial charge in [0.1, 0.15) is 23.7 Å². The van der Waals surface area contributed by atoms with Crippen molar-refractivity contribution in [3.63, 3.8) is 0 Å². The van der Waals surface area contributed by atoms with E-state index in [2.05, 4.69) is 18.5 Å². The monoisotopic (exact) mass is 634 g/mol. The van der Waals surface area contributed by atoms with Crippen molar-refractivity contribution >= 4 is 34.5 Å². The van der Waals surface area contributed by atoms with Gasteiger partial charge in [-0.05, 0) is 28.8 Å². The molecular weight excluding hydrogens is 596 g/mol. The number of hydrogen-bond acceptors (Lipinski definition) is 6. The summed E-state index contributed by atoms with van der Waals surface area (Å²) in [6, 6.07) is 20.5. The molecule has 4 aromatic rings. The number of hydrogen-bond donors (Lipinski definition) is 3. The van der Waals surface area contributed by atoms with Gasteiger partial charge in [-0.1, -0.05) is 73.3 Å². The molecule has 3 heterocycles. The van der Waals surface area contributed by atoms with Gasteiger partial charge in [0.15, 0.2) is 0 Å². The van der Waals surface area contributed by atoms with Gasteiger partial charge in [0.05, 0.1) is 18.6 Å². The van der Waals surface area contributed by atoms with Gasteiger partial charge in [-0.3, -0.25) is 9.59 Å². The van der Waals surface area contributed by atoms with E-state index in [1.54, 1.807) is 56.4 Å². The van der Waals surface area contributed by atoms with Gasteiger partial charge in [-0.25, -0.2) is 14.8 Å². The zero-order chi connectivity index (χ0) is 33.2. The molecule has 11 nitrogen and oxygen atoms in total. The van der Waals surface area contributed by atoms with Gasteiger partial charge in [0.2, 0.25) is 11.8 Å². The number of aromatic hydroxyl groups is 1. The molecule has 1 aromatic heterocycles. The first-order valence-corrected chi connectivity index (χ1v) is 15.5. The Bertz CT molecular complexity index is 1840. The Hall–Kier alpha value is -5.55.